The van der Waals surface area contributed by atoms with Gasteiger partial charge in [-0.25, -0.2) is 4.39 Å². The SMILES string of the molecule is O=C(NC[C@]1(O)CC[C@@H](COCc2cccc(F)c2)CC1)c1ccc(O)cc1. The highest BCUT2D eigenvalue weighted by Crippen LogP contribution is 2.32. The Labute approximate surface area is 164 Å². The number of aliphatic hydroxyl groups is 1. The summed E-state index contributed by atoms with van der Waals surface area (Å²) in [6.07, 6.45) is 2.82. The summed E-state index contributed by atoms with van der Waals surface area (Å²) in [6.45, 7) is 1.15. The minimum Gasteiger partial charge on any atom is -0.508 e. The zero-order valence-electron chi connectivity index (χ0n) is 15.7. The molecule has 3 rings (SSSR count). The van der Waals surface area contributed by atoms with Gasteiger partial charge in [0.05, 0.1) is 12.2 Å². The molecule has 0 saturated heterocycles. The molecule has 0 bridgehead atoms. The summed E-state index contributed by atoms with van der Waals surface area (Å²) in [4.78, 5) is 12.2. The van der Waals surface area contributed by atoms with Crippen LogP contribution in [0, 0.1) is 11.7 Å². The lowest BCUT2D eigenvalue weighted by Gasteiger charge is -2.36. The van der Waals surface area contributed by atoms with Gasteiger partial charge in [-0.2, -0.15) is 0 Å². The van der Waals surface area contributed by atoms with Crippen molar-refractivity contribution in [2.24, 2.45) is 5.92 Å². The predicted molar refractivity (Wildman–Crippen MR) is 103 cm³/mol. The zero-order chi connectivity index (χ0) is 20.0. The molecule has 2 aromatic carbocycles. The van der Waals surface area contributed by atoms with Crippen molar-refractivity contribution in [1.82, 2.24) is 5.32 Å². The average Bonchev–Trinajstić information content (AvgIpc) is 2.69. The van der Waals surface area contributed by atoms with E-state index in [0.717, 1.165) is 18.4 Å². The first-order chi connectivity index (χ1) is 13.4. The van der Waals surface area contributed by atoms with Crippen LogP contribution in [-0.4, -0.2) is 34.9 Å². The van der Waals surface area contributed by atoms with E-state index in [2.05, 4.69) is 5.32 Å². The Morgan fingerprint density at radius 1 is 1.18 bits per heavy atom. The summed E-state index contributed by atoms with van der Waals surface area (Å²) in [7, 11) is 0. The molecule has 1 saturated carbocycles. The van der Waals surface area contributed by atoms with Crippen LogP contribution in [0.1, 0.15) is 41.6 Å². The molecular weight excluding hydrogens is 361 g/mol. The van der Waals surface area contributed by atoms with Gasteiger partial charge in [-0.05, 0) is 73.6 Å². The molecule has 1 fully saturated rings. The van der Waals surface area contributed by atoms with Crippen molar-refractivity contribution in [2.75, 3.05) is 13.2 Å². The van der Waals surface area contributed by atoms with Crippen LogP contribution < -0.4 is 5.32 Å². The number of ether oxygens (including phenoxy) is 1. The Morgan fingerprint density at radius 2 is 1.89 bits per heavy atom. The van der Waals surface area contributed by atoms with Gasteiger partial charge in [0.15, 0.2) is 0 Å². The molecule has 5 nitrogen and oxygen atoms in total. The van der Waals surface area contributed by atoms with Crippen molar-refractivity contribution >= 4 is 5.91 Å². The first-order valence-electron chi connectivity index (χ1n) is 9.55. The molecule has 1 aliphatic rings. The summed E-state index contributed by atoms with van der Waals surface area (Å²) in [6, 6.07) is 12.4. The van der Waals surface area contributed by atoms with Gasteiger partial charge in [0.25, 0.3) is 5.91 Å². The number of aromatic hydroxyl groups is 1. The van der Waals surface area contributed by atoms with Gasteiger partial charge in [-0.3, -0.25) is 4.79 Å². The van der Waals surface area contributed by atoms with Gasteiger partial charge in [-0.1, -0.05) is 12.1 Å². The van der Waals surface area contributed by atoms with Crippen molar-refractivity contribution in [3.8, 4) is 5.75 Å². The summed E-state index contributed by atoms with van der Waals surface area (Å²) in [5.41, 5.74) is 0.344. The number of hydrogen-bond acceptors (Lipinski definition) is 4. The molecule has 28 heavy (non-hydrogen) atoms. The Morgan fingerprint density at radius 3 is 2.57 bits per heavy atom. The van der Waals surface area contributed by atoms with Gasteiger partial charge in [0, 0.05) is 18.7 Å². The third-order valence-corrected chi connectivity index (χ3v) is 5.25. The highest BCUT2D eigenvalue weighted by molar-refractivity contribution is 5.94. The summed E-state index contributed by atoms with van der Waals surface area (Å²) in [5, 5.41) is 22.8. The highest BCUT2D eigenvalue weighted by atomic mass is 19.1. The van der Waals surface area contributed by atoms with Crippen LogP contribution >= 0.6 is 0 Å². The second-order valence-electron chi connectivity index (χ2n) is 7.54. The van der Waals surface area contributed by atoms with Crippen LogP contribution in [0.5, 0.6) is 5.75 Å². The fraction of sp³-hybridized carbons (Fsp3) is 0.409. The van der Waals surface area contributed by atoms with Crippen LogP contribution in [-0.2, 0) is 11.3 Å². The number of hydrogen-bond donors (Lipinski definition) is 3. The van der Waals surface area contributed by atoms with E-state index >= 15 is 0 Å². The number of amides is 1. The maximum atomic E-state index is 13.2. The second kappa shape index (κ2) is 9.17. The number of halogens is 1. The molecule has 6 heteroatoms. The third kappa shape index (κ3) is 5.78. The van der Waals surface area contributed by atoms with E-state index in [1.807, 2.05) is 6.07 Å². The lowest BCUT2D eigenvalue weighted by atomic mass is 9.79. The minimum atomic E-state index is -0.911. The summed E-state index contributed by atoms with van der Waals surface area (Å²) < 4.78 is 18.9. The summed E-state index contributed by atoms with van der Waals surface area (Å²) in [5.74, 6) is -0.0816. The standard InChI is InChI=1S/C22H26FNO4/c23-19-3-1-2-17(12-19)14-28-13-16-8-10-22(27,11-9-16)15-24-21(26)18-4-6-20(25)7-5-18/h1-7,12,16,25,27H,8-11,13-15H2,(H,24,26)/t16-,22+. The molecule has 1 amide bonds. The van der Waals surface area contributed by atoms with Gasteiger partial charge in [-0.15, -0.1) is 0 Å². The number of benzene rings is 2. The van der Waals surface area contributed by atoms with Gasteiger partial charge in [0.1, 0.15) is 11.6 Å². The van der Waals surface area contributed by atoms with E-state index in [9.17, 15) is 19.4 Å². The van der Waals surface area contributed by atoms with Crippen molar-refractivity contribution < 1.29 is 24.1 Å². The molecule has 150 valence electrons. The van der Waals surface area contributed by atoms with Gasteiger partial charge < -0.3 is 20.3 Å². The van der Waals surface area contributed by atoms with E-state index in [1.165, 1.54) is 24.3 Å². The predicted octanol–water partition coefficient (Wildman–Crippen LogP) is 3.40. The number of phenolic OH excluding ortho intramolecular Hbond substituents is 1. The largest absolute Gasteiger partial charge is 0.508 e. The van der Waals surface area contributed by atoms with Crippen LogP contribution in [0.25, 0.3) is 0 Å². The second-order valence-corrected chi connectivity index (χ2v) is 7.54. The van der Waals surface area contributed by atoms with Crippen molar-refractivity contribution in [3.05, 3.63) is 65.5 Å². The van der Waals surface area contributed by atoms with Crippen LogP contribution in [0.15, 0.2) is 48.5 Å². The van der Waals surface area contributed by atoms with Gasteiger partial charge >= 0.3 is 0 Å². The smallest absolute Gasteiger partial charge is 0.251 e. The van der Waals surface area contributed by atoms with E-state index in [0.29, 0.717) is 37.5 Å². The fourth-order valence-corrected chi connectivity index (χ4v) is 3.49. The highest BCUT2D eigenvalue weighted by Gasteiger charge is 2.33. The first-order valence-corrected chi connectivity index (χ1v) is 9.55. The number of rotatable bonds is 7. The monoisotopic (exact) mass is 387 g/mol. The van der Waals surface area contributed by atoms with Crippen LogP contribution in [0.4, 0.5) is 4.39 Å². The molecule has 0 unspecified atom stereocenters. The molecule has 0 spiro atoms. The fourth-order valence-electron chi connectivity index (χ4n) is 3.49. The third-order valence-electron chi connectivity index (χ3n) is 5.25. The normalized spacial score (nSPS) is 22.0. The molecule has 3 N–H and O–H groups in total. The topological polar surface area (TPSA) is 78.8 Å². The van der Waals surface area contributed by atoms with E-state index in [-0.39, 0.29) is 24.0 Å². The molecule has 1 aliphatic carbocycles. The lowest BCUT2D eigenvalue weighted by molar-refractivity contribution is -0.0239. The Bertz CT molecular complexity index is 785. The van der Waals surface area contributed by atoms with Crippen molar-refractivity contribution in [2.45, 2.75) is 37.9 Å². The number of carbonyl (C=O) groups is 1. The molecule has 0 aromatic heterocycles. The Balaban J connectivity index is 1.38. The molecule has 0 aliphatic heterocycles. The Kier molecular flexibility index (Phi) is 6.65. The molecule has 0 radical (unpaired) electrons. The quantitative estimate of drug-likeness (QED) is 0.680. The van der Waals surface area contributed by atoms with E-state index in [1.54, 1.807) is 18.2 Å². The average molecular weight is 387 g/mol. The van der Waals surface area contributed by atoms with Crippen LogP contribution in [0.3, 0.4) is 0 Å². The van der Waals surface area contributed by atoms with Crippen LogP contribution in [0.2, 0.25) is 0 Å². The zero-order valence-corrected chi connectivity index (χ0v) is 15.7. The lowest BCUT2D eigenvalue weighted by Crippen LogP contribution is -2.45. The van der Waals surface area contributed by atoms with Crippen molar-refractivity contribution in [3.63, 3.8) is 0 Å². The van der Waals surface area contributed by atoms with E-state index < -0.39 is 5.60 Å². The summed E-state index contributed by atoms with van der Waals surface area (Å²) >= 11 is 0. The molecule has 0 atom stereocenters. The number of carbonyl (C=O) groups excluding carboxylic acids is 1. The van der Waals surface area contributed by atoms with E-state index in [4.69, 9.17) is 4.74 Å². The first kappa shape index (κ1) is 20.3. The maximum Gasteiger partial charge on any atom is 0.251 e. The maximum absolute atomic E-state index is 13.2. The Hall–Kier alpha value is -2.44. The molecule has 2 aromatic rings. The number of nitrogens with one attached hydrogen (secondary N) is 1. The number of phenols is 1. The minimum absolute atomic E-state index is 0.105. The molecular formula is C22H26FNO4. The molecule has 0 heterocycles. The van der Waals surface area contributed by atoms with Gasteiger partial charge in [0.2, 0.25) is 0 Å². The van der Waals surface area contributed by atoms with Crippen molar-refractivity contribution in [1.29, 1.82) is 0 Å².